The SMILES string of the molecule is [2H]c1c([2H])c([2H])c(-c2cnc(-n3c4ccccc4c4ccc(Oc5cccc(-n6[c-][n+](-c7c(-c8cc(C(C)(C)C)cc(C(C)(C)C)c8)cccc7-c7cc(C(C)(C)C)cc(C(C)(C)C)c7)c7ccc(-c8ccc(C(C)(C)C)cc8)cc76)c5)cc43)cc2C([2H])([2H])[2H])c([2H])c1[2H]. The molecule has 5 heteroatoms. The van der Waals surface area contributed by atoms with Gasteiger partial charge in [-0.3, -0.25) is 13.7 Å². The zero-order valence-electron chi connectivity index (χ0n) is 60.4. The van der Waals surface area contributed by atoms with Crippen LogP contribution in [0.5, 0.6) is 11.5 Å². The molecule has 0 atom stereocenters. The molecule has 0 radical (unpaired) electrons. The van der Waals surface area contributed by atoms with Gasteiger partial charge >= 0.3 is 0 Å². The van der Waals surface area contributed by atoms with Gasteiger partial charge in [-0.2, -0.15) is 0 Å². The van der Waals surface area contributed by atoms with E-state index in [0.29, 0.717) is 17.0 Å². The number of nitrogens with zero attached hydrogens (tertiary/aromatic N) is 4. The largest absolute Gasteiger partial charge is 0.458 e. The first-order chi connectivity index (χ1) is 43.9. The molecule has 0 fully saturated rings. The lowest BCUT2D eigenvalue weighted by molar-refractivity contribution is -0.571. The van der Waals surface area contributed by atoms with Crippen LogP contribution in [0.4, 0.5) is 0 Å². The van der Waals surface area contributed by atoms with Gasteiger partial charge in [0.2, 0.25) is 0 Å². The third kappa shape index (κ3) is 11.1. The Morgan fingerprint density at radius 2 is 1.00 bits per heavy atom. The van der Waals surface area contributed by atoms with E-state index in [1.807, 2.05) is 65.2 Å². The summed E-state index contributed by atoms with van der Waals surface area (Å²) in [6, 6.07) is 57.1. The molecule has 0 amide bonds. The van der Waals surface area contributed by atoms with E-state index in [2.05, 4.69) is 222 Å². The maximum absolute atomic E-state index is 8.75. The van der Waals surface area contributed by atoms with E-state index in [0.717, 1.165) is 72.1 Å². The van der Waals surface area contributed by atoms with Crippen LogP contribution >= 0.6 is 0 Å². The van der Waals surface area contributed by atoms with Crippen LogP contribution in [-0.4, -0.2) is 14.1 Å². The maximum Gasteiger partial charge on any atom is 0.269 e. The second kappa shape index (κ2) is 21.3. The molecule has 5 nitrogen and oxygen atoms in total. The molecule has 3 aromatic heterocycles. The fourth-order valence-corrected chi connectivity index (χ4v) is 11.6. The highest BCUT2D eigenvalue weighted by Crippen LogP contribution is 2.43. The van der Waals surface area contributed by atoms with Crippen LogP contribution in [0.3, 0.4) is 0 Å². The van der Waals surface area contributed by atoms with E-state index < -0.39 is 37.1 Å². The number of hydrogen-bond donors (Lipinski definition) is 0. The summed E-state index contributed by atoms with van der Waals surface area (Å²) >= 11 is 0. The number of para-hydroxylation sites is 2. The van der Waals surface area contributed by atoms with E-state index in [9.17, 15) is 0 Å². The summed E-state index contributed by atoms with van der Waals surface area (Å²) in [6.45, 7) is 31.4. The molecule has 0 unspecified atom stereocenters. The number of rotatable bonds is 9. The number of aryl methyl sites for hydroxylation is 1. The standard InChI is InChI=1S/C81H82N4O/c1-52-40-75(82-50-70(52)54-24-18-17-19-25-54)85-71-31-21-20-28-68(71)69-38-37-65(49-73(69)85)86-64-27-22-26-63(48-64)83-51-84(72-39-34-55(45-74(72)83)53-32-35-58(36-33-53)77(2,3)4)76-66(56-41-59(78(5,6)7)46-60(42-56)79(8,9)10)29-23-30-67(76)57-43-61(80(11,12)13)47-62(44-57)81(14,15)16/h17-50H,1-16H3/i1D3,17D,18D,19D,24D,25D. The van der Waals surface area contributed by atoms with Crippen molar-refractivity contribution in [2.45, 2.75) is 138 Å². The van der Waals surface area contributed by atoms with Crippen LogP contribution < -0.4 is 9.30 Å². The molecule has 0 saturated carbocycles. The first-order valence-electron chi connectivity index (χ1n) is 33.9. The van der Waals surface area contributed by atoms with Crippen molar-refractivity contribution in [1.82, 2.24) is 14.1 Å². The topological polar surface area (TPSA) is 35.9 Å². The number of ether oxygens (including phenoxy) is 1. The van der Waals surface area contributed by atoms with Crippen molar-refractivity contribution in [3.05, 3.63) is 246 Å². The highest BCUT2D eigenvalue weighted by Gasteiger charge is 2.28. The minimum Gasteiger partial charge on any atom is -0.458 e. The summed E-state index contributed by atoms with van der Waals surface area (Å²) in [5.41, 5.74) is 16.9. The summed E-state index contributed by atoms with van der Waals surface area (Å²) in [5, 5.41) is 1.76. The Labute approximate surface area is 521 Å². The summed E-state index contributed by atoms with van der Waals surface area (Å²) in [6.07, 6.45) is 5.31. The number of aromatic nitrogens is 4. The lowest BCUT2D eigenvalue weighted by Crippen LogP contribution is -2.31. The fourth-order valence-electron chi connectivity index (χ4n) is 11.6. The van der Waals surface area contributed by atoms with Gasteiger partial charge in [0.1, 0.15) is 17.3 Å². The van der Waals surface area contributed by atoms with Gasteiger partial charge in [-0.15, -0.1) is 0 Å². The predicted octanol–water partition coefficient (Wildman–Crippen LogP) is 21.5. The highest BCUT2D eigenvalue weighted by atomic mass is 16.5. The van der Waals surface area contributed by atoms with Gasteiger partial charge in [-0.1, -0.05) is 249 Å². The van der Waals surface area contributed by atoms with Gasteiger partial charge in [-0.05, 0) is 155 Å². The fraction of sp³-hybridized carbons (Fsp3) is 0.259. The van der Waals surface area contributed by atoms with Crippen molar-refractivity contribution in [3.8, 4) is 73.2 Å². The van der Waals surface area contributed by atoms with Gasteiger partial charge in [0.05, 0.1) is 40.3 Å². The number of imidazole rings is 1. The lowest BCUT2D eigenvalue weighted by atomic mass is 9.77. The van der Waals surface area contributed by atoms with E-state index >= 15 is 0 Å². The van der Waals surface area contributed by atoms with Crippen LogP contribution in [0.2, 0.25) is 0 Å². The van der Waals surface area contributed by atoms with E-state index in [1.165, 1.54) is 40.1 Å². The van der Waals surface area contributed by atoms with Crippen LogP contribution in [0.25, 0.3) is 94.5 Å². The molecule has 86 heavy (non-hydrogen) atoms. The van der Waals surface area contributed by atoms with Crippen molar-refractivity contribution in [2.75, 3.05) is 0 Å². The Morgan fingerprint density at radius 1 is 0.442 bits per heavy atom. The predicted molar refractivity (Wildman–Crippen MR) is 362 cm³/mol. The Balaban J connectivity index is 1.06. The van der Waals surface area contributed by atoms with Gasteiger partial charge in [0.15, 0.2) is 0 Å². The first kappa shape index (κ1) is 48.4. The monoisotopic (exact) mass is 1130 g/mol. The second-order valence-electron chi connectivity index (χ2n) is 28.3. The molecule has 0 saturated heterocycles. The van der Waals surface area contributed by atoms with Gasteiger partial charge < -0.3 is 4.74 Å². The minimum absolute atomic E-state index is 0.0159. The molecule has 9 aromatic carbocycles. The lowest BCUT2D eigenvalue weighted by Gasteiger charge is -2.28. The number of pyridine rings is 1. The minimum atomic E-state index is -2.76. The van der Waals surface area contributed by atoms with Crippen molar-refractivity contribution >= 4 is 32.8 Å². The number of hydrogen-bond acceptors (Lipinski definition) is 2. The average Bonchev–Trinajstić information content (AvgIpc) is 1.44. The molecule has 12 rings (SSSR count). The van der Waals surface area contributed by atoms with Crippen LogP contribution in [0, 0.1) is 13.2 Å². The molecule has 3 heterocycles. The normalized spacial score (nSPS) is 14.1. The van der Waals surface area contributed by atoms with Crippen molar-refractivity contribution in [3.63, 3.8) is 0 Å². The first-order valence-corrected chi connectivity index (χ1v) is 29.9. The zero-order valence-corrected chi connectivity index (χ0v) is 52.4. The summed E-state index contributed by atoms with van der Waals surface area (Å²) in [7, 11) is 0. The molecule has 0 aliphatic heterocycles. The smallest absolute Gasteiger partial charge is 0.269 e. The third-order valence-corrected chi connectivity index (χ3v) is 16.8. The van der Waals surface area contributed by atoms with E-state index in [-0.39, 0.29) is 49.6 Å². The molecule has 0 bridgehead atoms. The van der Waals surface area contributed by atoms with Crippen LogP contribution in [0.1, 0.15) is 148 Å². The molecule has 0 N–H and O–H groups in total. The van der Waals surface area contributed by atoms with Crippen LogP contribution in [-0.2, 0) is 27.1 Å². The zero-order chi connectivity index (χ0) is 67.7. The summed E-state index contributed by atoms with van der Waals surface area (Å²) in [5.74, 6) is 1.33. The maximum atomic E-state index is 8.75. The Hall–Kier alpha value is -8.80. The van der Waals surface area contributed by atoms with Crippen LogP contribution in [0.15, 0.2) is 206 Å². The Kier molecular flexibility index (Phi) is 12.0. The number of fused-ring (bicyclic) bond motifs is 4. The Bertz CT molecular complexity index is 4810. The quantitative estimate of drug-likeness (QED) is 0.107. The number of benzene rings is 9. The summed E-state index contributed by atoms with van der Waals surface area (Å²) < 4.78 is 81.9. The summed E-state index contributed by atoms with van der Waals surface area (Å²) in [4.78, 5) is 4.81. The third-order valence-electron chi connectivity index (χ3n) is 16.8. The van der Waals surface area contributed by atoms with E-state index in [4.69, 9.17) is 20.7 Å². The van der Waals surface area contributed by atoms with Gasteiger partial charge in [0.25, 0.3) is 6.33 Å². The molecule has 0 aliphatic carbocycles. The molecule has 12 aromatic rings. The highest BCUT2D eigenvalue weighted by molar-refractivity contribution is 6.09. The molecule has 0 aliphatic rings. The second-order valence-corrected chi connectivity index (χ2v) is 28.3. The van der Waals surface area contributed by atoms with Gasteiger partial charge in [0, 0.05) is 32.7 Å². The molecular weight excluding hydrogens is 1040 g/mol. The Morgan fingerprint density at radius 3 is 1.59 bits per heavy atom. The molecular formula is C81H82N4O. The van der Waals surface area contributed by atoms with Crippen molar-refractivity contribution in [1.29, 1.82) is 0 Å². The molecule has 432 valence electrons. The van der Waals surface area contributed by atoms with Gasteiger partial charge in [-0.25, -0.2) is 4.98 Å². The molecule has 0 spiro atoms. The van der Waals surface area contributed by atoms with Crippen molar-refractivity contribution in [2.24, 2.45) is 0 Å². The van der Waals surface area contributed by atoms with Crippen molar-refractivity contribution < 1.29 is 20.3 Å². The van der Waals surface area contributed by atoms with E-state index in [1.54, 1.807) is 0 Å². The average molecular weight is 1140 g/mol.